The van der Waals surface area contributed by atoms with Gasteiger partial charge in [-0.1, -0.05) is 18.5 Å². The van der Waals surface area contributed by atoms with Crippen molar-refractivity contribution < 1.29 is 24.0 Å². The first-order chi connectivity index (χ1) is 8.51. The SMILES string of the molecule is CCCCOC(=O)ON=C(C#N)C(=O)NC(N)=O. The number of primary amides is 1. The third-order valence-electron chi connectivity index (χ3n) is 1.49. The Labute approximate surface area is 103 Å². The van der Waals surface area contributed by atoms with E-state index in [1.165, 1.54) is 6.07 Å². The maximum atomic E-state index is 11.1. The molecule has 9 nitrogen and oxygen atoms in total. The van der Waals surface area contributed by atoms with Crippen LogP contribution in [-0.2, 0) is 14.4 Å². The molecule has 0 unspecified atom stereocenters. The molecule has 18 heavy (non-hydrogen) atoms. The quantitative estimate of drug-likeness (QED) is 0.233. The van der Waals surface area contributed by atoms with Crippen molar-refractivity contribution in [2.24, 2.45) is 10.9 Å². The lowest BCUT2D eigenvalue weighted by Crippen LogP contribution is -2.39. The van der Waals surface area contributed by atoms with Gasteiger partial charge in [0.25, 0.3) is 5.91 Å². The molecule has 0 aromatic rings. The molecule has 0 atom stereocenters. The molecular weight excluding hydrogens is 244 g/mol. The number of amides is 3. The molecule has 0 radical (unpaired) electrons. The summed E-state index contributed by atoms with van der Waals surface area (Å²) in [6, 6.07) is 0.168. The number of nitriles is 1. The van der Waals surface area contributed by atoms with Gasteiger partial charge in [0, 0.05) is 0 Å². The first kappa shape index (κ1) is 15.4. The van der Waals surface area contributed by atoms with Crippen molar-refractivity contribution in [1.29, 1.82) is 5.26 Å². The number of ether oxygens (including phenoxy) is 1. The molecule has 9 heteroatoms. The second kappa shape index (κ2) is 8.51. The summed E-state index contributed by atoms with van der Waals surface area (Å²) >= 11 is 0. The summed E-state index contributed by atoms with van der Waals surface area (Å²) in [7, 11) is 0. The predicted molar refractivity (Wildman–Crippen MR) is 58.1 cm³/mol. The highest BCUT2D eigenvalue weighted by molar-refractivity contribution is 6.46. The number of carbonyl (C=O) groups excluding carboxylic acids is 3. The van der Waals surface area contributed by atoms with Gasteiger partial charge in [0.1, 0.15) is 6.07 Å². The van der Waals surface area contributed by atoms with Crippen LogP contribution in [0, 0.1) is 11.3 Å². The van der Waals surface area contributed by atoms with Gasteiger partial charge >= 0.3 is 12.2 Å². The van der Waals surface area contributed by atoms with E-state index in [0.717, 1.165) is 6.42 Å². The molecule has 0 spiro atoms. The molecule has 0 saturated heterocycles. The molecule has 0 fully saturated rings. The maximum Gasteiger partial charge on any atom is 0.535 e. The lowest BCUT2D eigenvalue weighted by Gasteiger charge is -2.00. The molecule has 3 amide bonds. The zero-order valence-electron chi connectivity index (χ0n) is 9.63. The number of hydrogen-bond donors (Lipinski definition) is 2. The van der Waals surface area contributed by atoms with Gasteiger partial charge < -0.3 is 10.5 Å². The van der Waals surface area contributed by atoms with Crippen LogP contribution in [0.25, 0.3) is 0 Å². The minimum absolute atomic E-state index is 0.139. The fraction of sp³-hybridized carbons (Fsp3) is 0.444. The number of urea groups is 1. The van der Waals surface area contributed by atoms with Crippen LogP contribution >= 0.6 is 0 Å². The van der Waals surface area contributed by atoms with Crippen LogP contribution in [0.15, 0.2) is 5.16 Å². The van der Waals surface area contributed by atoms with Crippen LogP contribution in [0.2, 0.25) is 0 Å². The Morgan fingerprint density at radius 2 is 2.11 bits per heavy atom. The summed E-state index contributed by atoms with van der Waals surface area (Å²) in [4.78, 5) is 36.4. The molecule has 0 aromatic heterocycles. The number of nitrogens with zero attached hydrogens (tertiary/aromatic N) is 2. The fourth-order valence-electron chi connectivity index (χ4n) is 0.693. The van der Waals surface area contributed by atoms with E-state index in [1.54, 1.807) is 5.32 Å². The van der Waals surface area contributed by atoms with Crippen molar-refractivity contribution in [3.8, 4) is 6.07 Å². The maximum absolute atomic E-state index is 11.1. The molecule has 0 aromatic carbocycles. The Kier molecular flexibility index (Phi) is 7.27. The largest absolute Gasteiger partial charge is 0.535 e. The lowest BCUT2D eigenvalue weighted by atomic mass is 10.4. The zero-order chi connectivity index (χ0) is 14.0. The molecule has 0 aliphatic rings. The first-order valence-electron chi connectivity index (χ1n) is 4.93. The second-order valence-electron chi connectivity index (χ2n) is 2.91. The third kappa shape index (κ3) is 6.78. The van der Waals surface area contributed by atoms with E-state index < -0.39 is 23.8 Å². The van der Waals surface area contributed by atoms with Crippen molar-refractivity contribution in [3.63, 3.8) is 0 Å². The molecule has 0 saturated carbocycles. The minimum atomic E-state index is -1.17. The molecular formula is C9H12N4O5. The summed E-state index contributed by atoms with van der Waals surface area (Å²) in [5, 5.41) is 13.0. The standard InChI is InChI=1S/C9H12N4O5/c1-2-3-4-17-9(16)18-13-6(5-10)7(14)12-8(11)15/h2-4H2,1H3,(H3,11,12,14,15). The molecule has 0 aliphatic carbocycles. The highest BCUT2D eigenvalue weighted by Gasteiger charge is 2.15. The van der Waals surface area contributed by atoms with E-state index in [2.05, 4.69) is 20.5 Å². The number of imide groups is 1. The van der Waals surface area contributed by atoms with Crippen molar-refractivity contribution in [1.82, 2.24) is 5.32 Å². The molecule has 0 bridgehead atoms. The average molecular weight is 256 g/mol. The second-order valence-corrected chi connectivity index (χ2v) is 2.91. The topological polar surface area (TPSA) is 144 Å². The number of unbranched alkanes of at least 4 members (excludes halogenated alkanes) is 1. The summed E-state index contributed by atoms with van der Waals surface area (Å²) in [5.41, 5.74) is 3.82. The summed E-state index contributed by atoms with van der Waals surface area (Å²) < 4.78 is 4.54. The normalized spacial score (nSPS) is 10.1. The molecule has 0 rings (SSSR count). The Morgan fingerprint density at radius 1 is 1.44 bits per heavy atom. The number of hydrogen-bond acceptors (Lipinski definition) is 7. The van der Waals surface area contributed by atoms with Gasteiger partial charge in [-0.05, 0) is 6.42 Å². The van der Waals surface area contributed by atoms with Crippen LogP contribution in [0.1, 0.15) is 19.8 Å². The molecule has 0 aliphatic heterocycles. The zero-order valence-corrected chi connectivity index (χ0v) is 9.63. The Balaban J connectivity index is 4.28. The smallest absolute Gasteiger partial charge is 0.433 e. The van der Waals surface area contributed by atoms with Gasteiger partial charge in [0.2, 0.25) is 5.71 Å². The van der Waals surface area contributed by atoms with Gasteiger partial charge in [0.15, 0.2) is 0 Å². The van der Waals surface area contributed by atoms with Crippen molar-refractivity contribution >= 4 is 23.8 Å². The monoisotopic (exact) mass is 256 g/mol. The van der Waals surface area contributed by atoms with Gasteiger partial charge in [-0.15, -0.1) is 0 Å². The molecule has 3 N–H and O–H groups in total. The average Bonchev–Trinajstić information content (AvgIpc) is 2.29. The Hall–Kier alpha value is -2.63. The number of rotatable bonds is 5. The third-order valence-corrected chi connectivity index (χ3v) is 1.49. The van der Waals surface area contributed by atoms with Crippen LogP contribution in [0.5, 0.6) is 0 Å². The van der Waals surface area contributed by atoms with E-state index >= 15 is 0 Å². The fourth-order valence-corrected chi connectivity index (χ4v) is 0.693. The van der Waals surface area contributed by atoms with Gasteiger partial charge in [0.05, 0.1) is 6.61 Å². The highest BCUT2D eigenvalue weighted by atomic mass is 16.8. The van der Waals surface area contributed by atoms with Gasteiger partial charge in [-0.25, -0.2) is 9.59 Å². The number of nitrogens with two attached hydrogens (primary N) is 1. The van der Waals surface area contributed by atoms with Crippen molar-refractivity contribution in [3.05, 3.63) is 0 Å². The molecule has 0 heterocycles. The Morgan fingerprint density at radius 3 is 2.61 bits per heavy atom. The van der Waals surface area contributed by atoms with E-state index in [9.17, 15) is 14.4 Å². The van der Waals surface area contributed by atoms with Crippen LogP contribution in [0.4, 0.5) is 9.59 Å². The van der Waals surface area contributed by atoms with E-state index in [0.29, 0.717) is 6.42 Å². The van der Waals surface area contributed by atoms with Crippen molar-refractivity contribution in [2.45, 2.75) is 19.8 Å². The Bertz CT molecular complexity index is 398. The highest BCUT2D eigenvalue weighted by Crippen LogP contribution is 1.92. The van der Waals surface area contributed by atoms with Gasteiger partial charge in [-0.3, -0.25) is 14.9 Å². The van der Waals surface area contributed by atoms with Crippen molar-refractivity contribution in [2.75, 3.05) is 6.61 Å². The van der Waals surface area contributed by atoms with Gasteiger partial charge in [-0.2, -0.15) is 5.26 Å². The number of carbonyl (C=O) groups is 3. The van der Waals surface area contributed by atoms with E-state index in [4.69, 9.17) is 5.26 Å². The number of oxime groups is 1. The van der Waals surface area contributed by atoms with Crippen LogP contribution < -0.4 is 11.1 Å². The summed E-state index contributed by atoms with van der Waals surface area (Å²) in [5.74, 6) is -1.17. The predicted octanol–water partition coefficient (Wildman–Crippen LogP) is 0.0142. The van der Waals surface area contributed by atoms with Crippen LogP contribution in [0.3, 0.4) is 0 Å². The van der Waals surface area contributed by atoms with E-state index in [-0.39, 0.29) is 6.61 Å². The summed E-state index contributed by atoms with van der Waals surface area (Å²) in [6.45, 7) is 2.04. The van der Waals surface area contributed by atoms with E-state index in [1.807, 2.05) is 6.92 Å². The summed E-state index contributed by atoms with van der Waals surface area (Å²) in [6.07, 6.45) is 0.315. The lowest BCUT2D eigenvalue weighted by molar-refractivity contribution is -0.113. The number of nitrogens with one attached hydrogen (secondary N) is 1. The first-order valence-corrected chi connectivity index (χ1v) is 4.93. The molecule has 98 valence electrons. The van der Waals surface area contributed by atoms with Crippen LogP contribution in [-0.4, -0.2) is 30.4 Å². The minimum Gasteiger partial charge on any atom is -0.433 e.